The van der Waals surface area contributed by atoms with Crippen LogP contribution in [-0.2, 0) is 4.79 Å². The summed E-state index contributed by atoms with van der Waals surface area (Å²) in [6, 6.07) is 7.44. The lowest BCUT2D eigenvalue weighted by atomic mass is 9.98. The summed E-state index contributed by atoms with van der Waals surface area (Å²) >= 11 is 0. The Morgan fingerprint density at radius 2 is 1.94 bits per heavy atom. The minimum atomic E-state index is -0.157. The molecule has 1 amide bonds. The Kier molecular flexibility index (Phi) is 3.30. The van der Waals surface area contributed by atoms with Gasteiger partial charge in [0, 0.05) is 17.8 Å². The normalized spacial score (nSPS) is 23.0. The van der Waals surface area contributed by atoms with Gasteiger partial charge in [0.2, 0.25) is 5.91 Å². The van der Waals surface area contributed by atoms with E-state index in [1.54, 1.807) is 7.11 Å². The summed E-state index contributed by atoms with van der Waals surface area (Å²) in [6.45, 7) is 6.78. The first kappa shape index (κ1) is 12.9. The smallest absolute Gasteiger partial charge is 0.243 e. The van der Waals surface area contributed by atoms with Crippen LogP contribution in [0.2, 0.25) is 0 Å². The molecule has 1 N–H and O–H groups in total. The van der Waals surface area contributed by atoms with Gasteiger partial charge in [-0.1, -0.05) is 0 Å². The molecule has 4 heteroatoms. The molecule has 0 saturated carbocycles. The first-order chi connectivity index (χ1) is 8.43. The highest BCUT2D eigenvalue weighted by Crippen LogP contribution is 2.24. The van der Waals surface area contributed by atoms with Gasteiger partial charge in [-0.3, -0.25) is 10.1 Å². The fourth-order valence-electron chi connectivity index (χ4n) is 2.38. The molecule has 1 aromatic rings. The van der Waals surface area contributed by atoms with Crippen LogP contribution in [0.4, 0.5) is 5.69 Å². The number of carbonyl (C=O) groups is 1. The average Bonchev–Trinajstić information content (AvgIpc) is 2.33. The summed E-state index contributed by atoms with van der Waals surface area (Å²) in [4.78, 5) is 14.0. The molecule has 1 unspecified atom stereocenters. The molecule has 1 saturated heterocycles. The SMILES string of the molecule is COc1ccc(N2CC(C)(C)NC(C)C2=O)cc1. The zero-order valence-corrected chi connectivity index (χ0v) is 11.4. The van der Waals surface area contributed by atoms with Gasteiger partial charge in [0.15, 0.2) is 0 Å². The summed E-state index contributed by atoms with van der Waals surface area (Å²) in [6.07, 6.45) is 0. The Balaban J connectivity index is 2.26. The van der Waals surface area contributed by atoms with E-state index in [2.05, 4.69) is 19.2 Å². The third kappa shape index (κ3) is 2.48. The van der Waals surface area contributed by atoms with Crippen molar-refractivity contribution in [3.63, 3.8) is 0 Å². The van der Waals surface area contributed by atoms with Gasteiger partial charge in [0.25, 0.3) is 0 Å². The van der Waals surface area contributed by atoms with Crippen molar-refractivity contribution in [3.8, 4) is 5.75 Å². The van der Waals surface area contributed by atoms with Crippen molar-refractivity contribution in [2.24, 2.45) is 0 Å². The zero-order valence-electron chi connectivity index (χ0n) is 11.4. The van der Waals surface area contributed by atoms with Gasteiger partial charge < -0.3 is 9.64 Å². The van der Waals surface area contributed by atoms with Crippen molar-refractivity contribution in [1.29, 1.82) is 0 Å². The largest absolute Gasteiger partial charge is 0.497 e. The summed E-state index contributed by atoms with van der Waals surface area (Å²) in [5.74, 6) is 0.910. The third-order valence-corrected chi connectivity index (χ3v) is 3.18. The highest BCUT2D eigenvalue weighted by molar-refractivity contribution is 5.98. The molecule has 2 rings (SSSR count). The van der Waals surface area contributed by atoms with Crippen molar-refractivity contribution < 1.29 is 9.53 Å². The molecule has 1 aliphatic heterocycles. The van der Waals surface area contributed by atoms with E-state index in [1.165, 1.54) is 0 Å². The van der Waals surface area contributed by atoms with Crippen LogP contribution < -0.4 is 15.0 Å². The number of carbonyl (C=O) groups excluding carboxylic acids is 1. The van der Waals surface area contributed by atoms with Crippen LogP contribution in [0, 0.1) is 0 Å². The molecule has 0 aromatic heterocycles. The monoisotopic (exact) mass is 248 g/mol. The van der Waals surface area contributed by atoms with Gasteiger partial charge in [0.1, 0.15) is 5.75 Å². The van der Waals surface area contributed by atoms with Gasteiger partial charge >= 0.3 is 0 Å². The molecule has 1 fully saturated rings. The minimum absolute atomic E-state index is 0.0761. The lowest BCUT2D eigenvalue weighted by Crippen LogP contribution is -2.64. The summed E-state index contributed by atoms with van der Waals surface area (Å²) in [7, 11) is 1.64. The Morgan fingerprint density at radius 1 is 1.33 bits per heavy atom. The fourth-order valence-corrected chi connectivity index (χ4v) is 2.38. The number of piperazine rings is 1. The van der Waals surface area contributed by atoms with Crippen LogP contribution in [0.3, 0.4) is 0 Å². The second kappa shape index (κ2) is 4.61. The van der Waals surface area contributed by atoms with E-state index in [-0.39, 0.29) is 17.5 Å². The molecule has 18 heavy (non-hydrogen) atoms. The number of hydrogen-bond acceptors (Lipinski definition) is 3. The van der Waals surface area contributed by atoms with Crippen molar-refractivity contribution >= 4 is 11.6 Å². The molecule has 0 bridgehead atoms. The van der Waals surface area contributed by atoms with Crippen molar-refractivity contribution in [1.82, 2.24) is 5.32 Å². The van der Waals surface area contributed by atoms with Gasteiger partial charge in [-0.2, -0.15) is 0 Å². The molecule has 4 nitrogen and oxygen atoms in total. The lowest BCUT2D eigenvalue weighted by molar-refractivity contribution is -0.122. The number of ether oxygens (including phenoxy) is 1. The third-order valence-electron chi connectivity index (χ3n) is 3.18. The topological polar surface area (TPSA) is 41.6 Å². The molecule has 98 valence electrons. The molecule has 0 aliphatic carbocycles. The van der Waals surface area contributed by atoms with Crippen LogP contribution in [0.1, 0.15) is 20.8 Å². The Hall–Kier alpha value is -1.55. The number of hydrogen-bond donors (Lipinski definition) is 1. The van der Waals surface area contributed by atoms with E-state index < -0.39 is 0 Å². The number of rotatable bonds is 2. The number of nitrogens with zero attached hydrogens (tertiary/aromatic N) is 1. The second-order valence-corrected chi connectivity index (χ2v) is 5.37. The van der Waals surface area contributed by atoms with E-state index in [4.69, 9.17) is 4.74 Å². The summed E-state index contributed by atoms with van der Waals surface area (Å²) in [5.41, 5.74) is 0.843. The number of anilines is 1. The van der Waals surface area contributed by atoms with Crippen LogP contribution in [0.5, 0.6) is 5.75 Å². The van der Waals surface area contributed by atoms with Gasteiger partial charge in [-0.25, -0.2) is 0 Å². The van der Waals surface area contributed by atoms with Gasteiger partial charge in [0.05, 0.1) is 13.2 Å². The fraction of sp³-hybridized carbons (Fsp3) is 0.500. The van der Waals surface area contributed by atoms with Gasteiger partial charge in [-0.05, 0) is 45.0 Å². The van der Waals surface area contributed by atoms with E-state index in [0.717, 1.165) is 11.4 Å². The predicted octanol–water partition coefficient (Wildman–Crippen LogP) is 1.80. The molecule has 1 aliphatic rings. The first-order valence-electron chi connectivity index (χ1n) is 6.16. The van der Waals surface area contributed by atoms with E-state index in [0.29, 0.717) is 6.54 Å². The van der Waals surface area contributed by atoms with Crippen LogP contribution in [-0.4, -0.2) is 31.1 Å². The number of amides is 1. The predicted molar refractivity (Wildman–Crippen MR) is 72.0 cm³/mol. The maximum Gasteiger partial charge on any atom is 0.243 e. The molecular formula is C14H20N2O2. The lowest BCUT2D eigenvalue weighted by Gasteiger charge is -2.42. The van der Waals surface area contributed by atoms with Gasteiger partial charge in [-0.15, -0.1) is 0 Å². The zero-order chi connectivity index (χ0) is 13.3. The quantitative estimate of drug-likeness (QED) is 0.867. The molecule has 1 aromatic carbocycles. The van der Waals surface area contributed by atoms with Crippen LogP contribution in [0.15, 0.2) is 24.3 Å². The second-order valence-electron chi connectivity index (χ2n) is 5.37. The molecular weight excluding hydrogens is 228 g/mol. The van der Waals surface area contributed by atoms with Crippen molar-refractivity contribution in [3.05, 3.63) is 24.3 Å². The number of nitrogens with one attached hydrogen (secondary N) is 1. The van der Waals surface area contributed by atoms with E-state index in [1.807, 2.05) is 36.1 Å². The highest BCUT2D eigenvalue weighted by Gasteiger charge is 2.36. The minimum Gasteiger partial charge on any atom is -0.497 e. The number of methoxy groups -OCH3 is 1. The van der Waals surface area contributed by atoms with E-state index >= 15 is 0 Å². The maximum absolute atomic E-state index is 12.2. The molecule has 1 heterocycles. The highest BCUT2D eigenvalue weighted by atomic mass is 16.5. The van der Waals surface area contributed by atoms with Crippen LogP contribution >= 0.6 is 0 Å². The Bertz CT molecular complexity index is 440. The summed E-state index contributed by atoms with van der Waals surface area (Å²) < 4.78 is 5.13. The molecule has 0 radical (unpaired) electrons. The Labute approximate surface area is 108 Å². The number of benzene rings is 1. The van der Waals surface area contributed by atoms with Crippen molar-refractivity contribution in [2.45, 2.75) is 32.4 Å². The standard InChI is InChI=1S/C14H20N2O2/c1-10-13(17)16(9-14(2,3)15-10)11-5-7-12(18-4)8-6-11/h5-8,10,15H,9H2,1-4H3. The summed E-state index contributed by atoms with van der Waals surface area (Å²) in [5, 5.41) is 3.31. The Morgan fingerprint density at radius 3 is 2.50 bits per heavy atom. The molecule has 0 spiro atoms. The van der Waals surface area contributed by atoms with E-state index in [9.17, 15) is 4.79 Å². The van der Waals surface area contributed by atoms with Crippen LogP contribution in [0.25, 0.3) is 0 Å². The molecule has 1 atom stereocenters. The van der Waals surface area contributed by atoms with Crippen molar-refractivity contribution in [2.75, 3.05) is 18.6 Å². The first-order valence-corrected chi connectivity index (χ1v) is 6.16. The average molecular weight is 248 g/mol. The maximum atomic E-state index is 12.2.